The van der Waals surface area contributed by atoms with E-state index in [1.165, 1.54) is 17.7 Å². The fourth-order valence-electron chi connectivity index (χ4n) is 2.69. The molecule has 1 unspecified atom stereocenters. The summed E-state index contributed by atoms with van der Waals surface area (Å²) >= 11 is 0. The van der Waals surface area contributed by atoms with E-state index in [4.69, 9.17) is 0 Å². The molecule has 0 radical (unpaired) electrons. The first-order valence-electron chi connectivity index (χ1n) is 7.07. The van der Waals surface area contributed by atoms with Gasteiger partial charge in [-0.1, -0.05) is 19.9 Å². The maximum Gasteiger partial charge on any atom is 0.125 e. The van der Waals surface area contributed by atoms with Crippen LogP contribution in [0.3, 0.4) is 0 Å². The third-order valence-electron chi connectivity index (χ3n) is 3.59. The Labute approximate surface area is 119 Å². The highest BCUT2D eigenvalue weighted by Crippen LogP contribution is 2.25. The zero-order valence-electron chi connectivity index (χ0n) is 12.6. The van der Waals surface area contributed by atoms with Gasteiger partial charge in [0, 0.05) is 17.8 Å². The van der Waals surface area contributed by atoms with Crippen molar-refractivity contribution in [3.63, 3.8) is 0 Å². The van der Waals surface area contributed by atoms with Crippen LogP contribution in [0, 0.1) is 19.7 Å². The Morgan fingerprint density at radius 2 is 2.10 bits per heavy atom. The number of aromatic nitrogens is 2. The molecule has 4 heteroatoms. The number of rotatable bonds is 5. The van der Waals surface area contributed by atoms with E-state index >= 15 is 0 Å². The van der Waals surface area contributed by atoms with Gasteiger partial charge in [-0.3, -0.25) is 0 Å². The first-order chi connectivity index (χ1) is 9.54. The van der Waals surface area contributed by atoms with Gasteiger partial charge in [0.05, 0.1) is 11.4 Å². The van der Waals surface area contributed by atoms with E-state index in [1.807, 2.05) is 24.6 Å². The van der Waals surface area contributed by atoms with E-state index in [0.29, 0.717) is 5.92 Å². The third-order valence-corrected chi connectivity index (χ3v) is 3.59. The van der Waals surface area contributed by atoms with Crippen LogP contribution in [-0.2, 0) is 0 Å². The lowest BCUT2D eigenvalue weighted by Crippen LogP contribution is -2.20. The topological polar surface area (TPSA) is 29.9 Å². The van der Waals surface area contributed by atoms with Crippen molar-refractivity contribution < 1.29 is 4.39 Å². The molecule has 1 N–H and O–H groups in total. The second kappa shape index (κ2) is 6.18. The molecule has 0 saturated carbocycles. The van der Waals surface area contributed by atoms with Crippen LogP contribution < -0.4 is 5.32 Å². The zero-order valence-corrected chi connectivity index (χ0v) is 12.6. The first-order valence-corrected chi connectivity index (χ1v) is 7.07. The second-order valence-corrected chi connectivity index (χ2v) is 5.18. The van der Waals surface area contributed by atoms with Crippen LogP contribution in [0.15, 0.2) is 24.3 Å². The van der Waals surface area contributed by atoms with Crippen LogP contribution >= 0.6 is 0 Å². The van der Waals surface area contributed by atoms with Crippen molar-refractivity contribution >= 4 is 0 Å². The number of hydrogen-bond donors (Lipinski definition) is 1. The fourth-order valence-corrected chi connectivity index (χ4v) is 2.69. The molecule has 0 aliphatic carbocycles. The lowest BCUT2D eigenvalue weighted by molar-refractivity contribution is 0.624. The van der Waals surface area contributed by atoms with Gasteiger partial charge in [-0.15, -0.1) is 0 Å². The van der Waals surface area contributed by atoms with Gasteiger partial charge >= 0.3 is 0 Å². The first kappa shape index (κ1) is 14.7. The van der Waals surface area contributed by atoms with E-state index in [1.54, 1.807) is 6.07 Å². The van der Waals surface area contributed by atoms with Crippen LogP contribution in [0.2, 0.25) is 0 Å². The summed E-state index contributed by atoms with van der Waals surface area (Å²) in [7, 11) is 0. The van der Waals surface area contributed by atoms with E-state index in [2.05, 4.69) is 24.3 Å². The number of aryl methyl sites for hydroxylation is 1. The van der Waals surface area contributed by atoms with Gasteiger partial charge in [-0.2, -0.15) is 5.10 Å². The Morgan fingerprint density at radius 3 is 2.75 bits per heavy atom. The van der Waals surface area contributed by atoms with E-state index < -0.39 is 0 Å². The number of likely N-dealkylation sites (N-methyl/N-ethyl adjacent to an activating group) is 1. The van der Waals surface area contributed by atoms with Gasteiger partial charge in [0.25, 0.3) is 0 Å². The van der Waals surface area contributed by atoms with Crippen molar-refractivity contribution in [1.82, 2.24) is 15.1 Å². The number of hydrogen-bond acceptors (Lipinski definition) is 2. The molecule has 1 heterocycles. The zero-order chi connectivity index (χ0) is 14.7. The molecule has 3 nitrogen and oxygen atoms in total. The monoisotopic (exact) mass is 275 g/mol. The van der Waals surface area contributed by atoms with Crippen LogP contribution in [0.5, 0.6) is 0 Å². The average molecular weight is 275 g/mol. The molecule has 1 atom stereocenters. The van der Waals surface area contributed by atoms with Crippen molar-refractivity contribution in [1.29, 1.82) is 0 Å². The molecule has 0 saturated heterocycles. The molecule has 1 aromatic heterocycles. The molecule has 2 rings (SSSR count). The highest BCUT2D eigenvalue weighted by molar-refractivity contribution is 5.38. The highest BCUT2D eigenvalue weighted by Gasteiger charge is 2.18. The highest BCUT2D eigenvalue weighted by atomic mass is 19.1. The van der Waals surface area contributed by atoms with E-state index in [9.17, 15) is 4.39 Å². The van der Waals surface area contributed by atoms with Crippen molar-refractivity contribution in [2.45, 2.75) is 33.6 Å². The Bertz CT molecular complexity index is 589. The average Bonchev–Trinajstić information content (AvgIpc) is 2.71. The Hall–Kier alpha value is -1.68. The Kier molecular flexibility index (Phi) is 4.55. The van der Waals surface area contributed by atoms with Crippen molar-refractivity contribution in [3.05, 3.63) is 47.0 Å². The van der Waals surface area contributed by atoms with Crippen molar-refractivity contribution in [2.75, 3.05) is 13.1 Å². The lowest BCUT2D eigenvalue weighted by Gasteiger charge is -2.13. The summed E-state index contributed by atoms with van der Waals surface area (Å²) in [5.74, 6) is 0.148. The molecule has 0 fully saturated rings. The van der Waals surface area contributed by atoms with Crippen molar-refractivity contribution in [3.8, 4) is 5.69 Å². The molecule has 108 valence electrons. The lowest BCUT2D eigenvalue weighted by atomic mass is 9.99. The summed E-state index contributed by atoms with van der Waals surface area (Å²) in [6, 6.07) is 6.55. The molecule has 20 heavy (non-hydrogen) atoms. The van der Waals surface area contributed by atoms with Crippen LogP contribution in [0.1, 0.15) is 36.7 Å². The van der Waals surface area contributed by atoms with E-state index in [0.717, 1.165) is 30.2 Å². The quantitative estimate of drug-likeness (QED) is 0.907. The SMILES string of the molecule is CCNCC(C)c1c(C)nn(-c2cccc(F)c2)c1C. The third kappa shape index (κ3) is 2.90. The molecule has 0 spiro atoms. The minimum absolute atomic E-state index is 0.239. The predicted octanol–water partition coefficient (Wildman–Crippen LogP) is 3.34. The molecule has 0 amide bonds. The summed E-state index contributed by atoms with van der Waals surface area (Å²) in [6.45, 7) is 10.2. The van der Waals surface area contributed by atoms with Gasteiger partial charge in [0.15, 0.2) is 0 Å². The standard InChI is InChI=1S/C16H22FN3/c1-5-18-10-11(2)16-12(3)19-20(13(16)4)15-8-6-7-14(17)9-15/h6-9,11,18H,5,10H2,1-4H3. The molecular formula is C16H22FN3. The van der Waals surface area contributed by atoms with E-state index in [-0.39, 0.29) is 5.82 Å². The molecule has 0 aliphatic rings. The van der Waals surface area contributed by atoms with Crippen LogP contribution in [0.25, 0.3) is 5.69 Å². The van der Waals surface area contributed by atoms with Crippen LogP contribution in [-0.4, -0.2) is 22.9 Å². The number of nitrogens with one attached hydrogen (secondary N) is 1. The summed E-state index contributed by atoms with van der Waals surface area (Å²) in [5.41, 5.74) is 4.11. The minimum Gasteiger partial charge on any atom is -0.316 e. The van der Waals surface area contributed by atoms with Gasteiger partial charge in [-0.25, -0.2) is 9.07 Å². The number of benzene rings is 1. The number of halogens is 1. The largest absolute Gasteiger partial charge is 0.316 e. The maximum absolute atomic E-state index is 13.4. The Morgan fingerprint density at radius 1 is 1.35 bits per heavy atom. The summed E-state index contributed by atoms with van der Waals surface area (Å²) < 4.78 is 15.2. The van der Waals surface area contributed by atoms with Gasteiger partial charge < -0.3 is 5.32 Å². The van der Waals surface area contributed by atoms with Crippen molar-refractivity contribution in [2.24, 2.45) is 0 Å². The number of nitrogens with zero attached hydrogens (tertiary/aromatic N) is 2. The van der Waals surface area contributed by atoms with Gasteiger partial charge in [0.1, 0.15) is 5.82 Å². The van der Waals surface area contributed by atoms with Crippen LogP contribution in [0.4, 0.5) is 4.39 Å². The predicted molar refractivity (Wildman–Crippen MR) is 80.0 cm³/mol. The van der Waals surface area contributed by atoms with Gasteiger partial charge in [0.2, 0.25) is 0 Å². The maximum atomic E-state index is 13.4. The Balaban J connectivity index is 2.38. The molecule has 0 aliphatic heterocycles. The molecule has 0 bridgehead atoms. The smallest absolute Gasteiger partial charge is 0.125 e. The molecule has 1 aromatic carbocycles. The molecular weight excluding hydrogens is 253 g/mol. The summed E-state index contributed by atoms with van der Waals surface area (Å²) in [5, 5.41) is 7.93. The van der Waals surface area contributed by atoms with Gasteiger partial charge in [-0.05, 0) is 44.5 Å². The second-order valence-electron chi connectivity index (χ2n) is 5.18. The molecule has 2 aromatic rings. The normalized spacial score (nSPS) is 12.7. The fraction of sp³-hybridized carbons (Fsp3) is 0.438. The summed E-state index contributed by atoms with van der Waals surface area (Å²) in [6.07, 6.45) is 0. The summed E-state index contributed by atoms with van der Waals surface area (Å²) in [4.78, 5) is 0. The minimum atomic E-state index is -0.239.